The van der Waals surface area contributed by atoms with Gasteiger partial charge in [0.1, 0.15) is 10.7 Å². The van der Waals surface area contributed by atoms with Crippen molar-refractivity contribution in [2.45, 2.75) is 50.3 Å². The average Bonchev–Trinajstić information content (AvgIpc) is 2.99. The van der Waals surface area contributed by atoms with Crippen molar-refractivity contribution < 1.29 is 13.2 Å². The number of hydrogen-bond acceptors (Lipinski definition) is 6. The fourth-order valence-corrected chi connectivity index (χ4v) is 5.82. The molecular formula is C19H21ClN4O3S2. The van der Waals surface area contributed by atoms with E-state index in [4.69, 9.17) is 11.6 Å². The average molecular weight is 453 g/mol. The number of aromatic nitrogens is 1. The summed E-state index contributed by atoms with van der Waals surface area (Å²) in [6, 6.07) is 2.88. The van der Waals surface area contributed by atoms with E-state index in [2.05, 4.69) is 14.7 Å². The number of halogens is 1. The van der Waals surface area contributed by atoms with Gasteiger partial charge >= 0.3 is 0 Å². The molecule has 29 heavy (non-hydrogen) atoms. The van der Waals surface area contributed by atoms with Crippen molar-refractivity contribution in [1.29, 1.82) is 0 Å². The molecule has 4 rings (SSSR count). The zero-order chi connectivity index (χ0) is 20.8. The van der Waals surface area contributed by atoms with Crippen molar-refractivity contribution in [3.8, 4) is 0 Å². The number of hydrogen-bond donors (Lipinski definition) is 1. The van der Waals surface area contributed by atoms with Gasteiger partial charge in [-0.15, -0.1) is 15.7 Å². The molecule has 0 bridgehead atoms. The van der Waals surface area contributed by atoms with Crippen LogP contribution < -0.4 is 10.2 Å². The van der Waals surface area contributed by atoms with E-state index in [9.17, 15) is 13.2 Å². The molecule has 0 aliphatic carbocycles. The molecule has 1 N–H and O–H groups in total. The maximum Gasteiger partial charge on any atom is 0.286 e. The van der Waals surface area contributed by atoms with Crippen molar-refractivity contribution >= 4 is 55.5 Å². The van der Waals surface area contributed by atoms with E-state index in [0.29, 0.717) is 29.6 Å². The third-order valence-electron chi connectivity index (χ3n) is 5.02. The van der Waals surface area contributed by atoms with Crippen molar-refractivity contribution in [3.63, 3.8) is 0 Å². The van der Waals surface area contributed by atoms with Crippen LogP contribution >= 0.6 is 22.9 Å². The van der Waals surface area contributed by atoms with Gasteiger partial charge in [-0.05, 0) is 30.9 Å². The minimum atomic E-state index is -3.89. The Morgan fingerprint density at radius 3 is 2.79 bits per heavy atom. The van der Waals surface area contributed by atoms with Crippen LogP contribution in [0.3, 0.4) is 0 Å². The number of benzene rings is 1. The van der Waals surface area contributed by atoms with Gasteiger partial charge in [0, 0.05) is 18.3 Å². The number of rotatable bonds is 3. The van der Waals surface area contributed by atoms with Gasteiger partial charge < -0.3 is 4.90 Å². The highest BCUT2D eigenvalue weighted by atomic mass is 35.5. The van der Waals surface area contributed by atoms with Gasteiger partial charge in [-0.1, -0.05) is 31.9 Å². The van der Waals surface area contributed by atoms with Crippen LogP contribution in [0.1, 0.15) is 61.5 Å². The van der Waals surface area contributed by atoms with Gasteiger partial charge in [0.05, 0.1) is 22.0 Å². The van der Waals surface area contributed by atoms with E-state index in [1.165, 1.54) is 17.4 Å². The third-order valence-corrected chi connectivity index (χ3v) is 7.44. The molecule has 1 fully saturated rings. The molecule has 2 aliphatic heterocycles. The molecule has 7 nitrogen and oxygen atoms in total. The number of carbonyl (C=O) groups excluding carboxylic acids is 1. The minimum Gasteiger partial charge on any atom is -0.328 e. The van der Waals surface area contributed by atoms with Gasteiger partial charge in [-0.25, -0.2) is 4.98 Å². The van der Waals surface area contributed by atoms with E-state index in [1.54, 1.807) is 6.07 Å². The molecule has 10 heteroatoms. The zero-order valence-electron chi connectivity index (χ0n) is 16.1. The number of fused-ring (bicyclic) bond motifs is 3. The Morgan fingerprint density at radius 1 is 1.28 bits per heavy atom. The molecule has 0 unspecified atom stereocenters. The van der Waals surface area contributed by atoms with Crippen LogP contribution in [0.2, 0.25) is 5.02 Å². The van der Waals surface area contributed by atoms with Crippen LogP contribution in [0.5, 0.6) is 0 Å². The van der Waals surface area contributed by atoms with E-state index in [1.807, 2.05) is 24.1 Å². The number of carbonyl (C=O) groups is 1. The molecule has 1 saturated heterocycles. The fourth-order valence-electron chi connectivity index (χ4n) is 3.44. The van der Waals surface area contributed by atoms with Crippen LogP contribution in [0.15, 0.2) is 26.8 Å². The van der Waals surface area contributed by atoms with Gasteiger partial charge in [0.25, 0.3) is 15.9 Å². The molecular weight excluding hydrogens is 432 g/mol. The molecule has 1 aromatic carbocycles. The predicted molar refractivity (Wildman–Crippen MR) is 116 cm³/mol. The van der Waals surface area contributed by atoms with Gasteiger partial charge in [-0.3, -0.25) is 10.1 Å². The second kappa shape index (κ2) is 7.70. The standard InChI is InChI=1S/C19H21ClN4O3S2/c1-11(2)14-10-28-19(21-14)22-18(25)12-8-16-15(9-13(12)20)24-7-5-3-4-6-17(24)23-29(16,26)27/h8-11H,3-7H2,1-2H3,(H,21,22,25). The number of amides is 1. The molecule has 2 aromatic rings. The van der Waals surface area contributed by atoms with Gasteiger partial charge in [0.15, 0.2) is 5.13 Å². The highest BCUT2D eigenvalue weighted by Crippen LogP contribution is 2.38. The van der Waals surface area contributed by atoms with Crippen LogP contribution in [0.25, 0.3) is 0 Å². The first-order chi connectivity index (χ1) is 13.8. The molecule has 0 atom stereocenters. The lowest BCUT2D eigenvalue weighted by Gasteiger charge is -2.30. The van der Waals surface area contributed by atoms with E-state index < -0.39 is 15.9 Å². The van der Waals surface area contributed by atoms with Gasteiger partial charge in [-0.2, -0.15) is 8.42 Å². The monoisotopic (exact) mass is 452 g/mol. The summed E-state index contributed by atoms with van der Waals surface area (Å²) >= 11 is 7.72. The lowest BCUT2D eigenvalue weighted by atomic mass is 10.1. The van der Waals surface area contributed by atoms with E-state index >= 15 is 0 Å². The molecule has 3 heterocycles. The Bertz CT molecular complexity index is 1110. The van der Waals surface area contributed by atoms with Crippen LogP contribution in [-0.4, -0.2) is 31.7 Å². The normalized spacial score (nSPS) is 17.9. The molecule has 154 valence electrons. The minimum absolute atomic E-state index is 0.0136. The Kier molecular flexibility index (Phi) is 5.39. The Hall–Kier alpha value is -1.97. The van der Waals surface area contributed by atoms with Crippen molar-refractivity contribution in [2.75, 3.05) is 16.8 Å². The number of amidine groups is 1. The second-order valence-corrected chi connectivity index (χ2v) is 10.3. The van der Waals surface area contributed by atoms with Crippen molar-refractivity contribution in [2.24, 2.45) is 4.40 Å². The fraction of sp³-hybridized carbons (Fsp3) is 0.421. The van der Waals surface area contributed by atoms with Crippen molar-refractivity contribution in [3.05, 3.63) is 33.8 Å². The first kappa shape index (κ1) is 20.3. The van der Waals surface area contributed by atoms with E-state index in [-0.39, 0.29) is 21.4 Å². The first-order valence-corrected chi connectivity index (χ1v) is 12.2. The van der Waals surface area contributed by atoms with E-state index in [0.717, 1.165) is 25.0 Å². The summed E-state index contributed by atoms with van der Waals surface area (Å²) in [4.78, 5) is 19.1. The molecule has 2 aliphatic rings. The number of nitrogens with one attached hydrogen (secondary N) is 1. The predicted octanol–water partition coefficient (Wildman–Crippen LogP) is 4.65. The summed E-state index contributed by atoms with van der Waals surface area (Å²) in [5, 5.41) is 5.24. The van der Waals surface area contributed by atoms with Crippen molar-refractivity contribution in [1.82, 2.24) is 4.98 Å². The topological polar surface area (TPSA) is 91.7 Å². The summed E-state index contributed by atoms with van der Waals surface area (Å²) in [6.45, 7) is 4.72. The van der Waals surface area contributed by atoms with Crippen LogP contribution in [-0.2, 0) is 10.0 Å². The Labute approximate surface area is 178 Å². The molecule has 1 aromatic heterocycles. The van der Waals surface area contributed by atoms with Gasteiger partial charge in [0.2, 0.25) is 0 Å². The summed E-state index contributed by atoms with van der Waals surface area (Å²) in [6.07, 6.45) is 3.48. The highest BCUT2D eigenvalue weighted by Gasteiger charge is 2.33. The number of sulfonamides is 1. The SMILES string of the molecule is CC(C)c1csc(NC(=O)c2cc3c(cc2Cl)N2CCCCCC2=NS3(=O)=O)n1. The second-order valence-electron chi connectivity index (χ2n) is 7.43. The quantitative estimate of drug-likeness (QED) is 0.731. The largest absolute Gasteiger partial charge is 0.328 e. The molecule has 0 spiro atoms. The highest BCUT2D eigenvalue weighted by molar-refractivity contribution is 7.90. The number of anilines is 2. The lowest BCUT2D eigenvalue weighted by molar-refractivity contribution is 0.102. The summed E-state index contributed by atoms with van der Waals surface area (Å²) in [7, 11) is -3.89. The number of thiazole rings is 1. The molecule has 0 radical (unpaired) electrons. The smallest absolute Gasteiger partial charge is 0.286 e. The Balaban J connectivity index is 1.70. The third kappa shape index (κ3) is 3.91. The first-order valence-electron chi connectivity index (χ1n) is 9.48. The summed E-state index contributed by atoms with van der Waals surface area (Å²) in [5.74, 6) is 0.297. The number of nitrogens with zero attached hydrogens (tertiary/aromatic N) is 3. The maximum absolute atomic E-state index is 12.8. The summed E-state index contributed by atoms with van der Waals surface area (Å²) in [5.41, 5.74) is 1.46. The van der Waals surface area contributed by atoms with Crippen LogP contribution in [0, 0.1) is 0 Å². The van der Waals surface area contributed by atoms with Crippen LogP contribution in [0.4, 0.5) is 10.8 Å². The summed E-state index contributed by atoms with van der Waals surface area (Å²) < 4.78 is 29.5. The lowest BCUT2D eigenvalue weighted by Crippen LogP contribution is -2.35. The molecule has 1 amide bonds. The zero-order valence-corrected chi connectivity index (χ0v) is 18.5. The Morgan fingerprint density at radius 2 is 2.07 bits per heavy atom. The maximum atomic E-state index is 12.8. The molecule has 0 saturated carbocycles.